The van der Waals surface area contributed by atoms with E-state index in [1.807, 2.05) is 26.0 Å². The highest BCUT2D eigenvalue weighted by molar-refractivity contribution is 6.34. The molecule has 0 bridgehead atoms. The lowest BCUT2D eigenvalue weighted by Crippen LogP contribution is -2.37. The zero-order chi connectivity index (χ0) is 15.6. The van der Waals surface area contributed by atoms with Gasteiger partial charge in [-0.3, -0.25) is 4.79 Å². The first-order valence-corrected chi connectivity index (χ1v) is 7.14. The van der Waals surface area contributed by atoms with Crippen LogP contribution in [0.15, 0.2) is 18.2 Å². The highest BCUT2D eigenvalue weighted by atomic mass is 35.5. The molecule has 0 radical (unpaired) electrons. The van der Waals surface area contributed by atoms with E-state index in [1.54, 1.807) is 11.0 Å². The number of benzene rings is 1. The van der Waals surface area contributed by atoms with Gasteiger partial charge in [-0.1, -0.05) is 23.7 Å². The molecule has 1 atom stereocenters. The molecule has 1 aliphatic rings. The number of aryl methyl sites for hydroxylation is 1. The maximum Gasteiger partial charge on any atom is 0.321 e. The minimum atomic E-state index is -0.636. The van der Waals surface area contributed by atoms with Crippen molar-refractivity contribution in [1.29, 1.82) is 0 Å². The molecule has 1 aromatic rings. The first-order valence-electron chi connectivity index (χ1n) is 6.77. The summed E-state index contributed by atoms with van der Waals surface area (Å²) in [6, 6.07) is 5.21. The zero-order valence-corrected chi connectivity index (χ0v) is 13.2. The fraction of sp³-hybridized carbons (Fsp3) is 0.467. The molecule has 21 heavy (non-hydrogen) atoms. The summed E-state index contributed by atoms with van der Waals surface area (Å²) in [7, 11) is 1.36. The zero-order valence-electron chi connectivity index (χ0n) is 12.4. The van der Waals surface area contributed by atoms with E-state index in [9.17, 15) is 9.59 Å². The molecule has 1 fully saturated rings. The van der Waals surface area contributed by atoms with Gasteiger partial charge in [-0.25, -0.2) is 4.79 Å². The summed E-state index contributed by atoms with van der Waals surface area (Å²) < 4.78 is 4.80. The number of hydrogen-bond acceptors (Lipinski definition) is 3. The van der Waals surface area contributed by atoms with E-state index in [0.717, 1.165) is 5.56 Å². The van der Waals surface area contributed by atoms with Gasteiger partial charge >= 0.3 is 12.0 Å². The first-order chi connectivity index (χ1) is 9.87. The SMILES string of the molecule is COC(=O)[C@]1(C)CCN(C(=O)Nc2cccc(C)c2Cl)C1. The summed E-state index contributed by atoms with van der Waals surface area (Å²) in [5, 5.41) is 3.32. The van der Waals surface area contributed by atoms with Gasteiger partial charge in [-0.2, -0.15) is 0 Å². The predicted octanol–water partition coefficient (Wildman–Crippen LogP) is 3.07. The Bertz CT molecular complexity index is 576. The molecule has 6 heteroatoms. The monoisotopic (exact) mass is 310 g/mol. The maximum absolute atomic E-state index is 12.3. The lowest BCUT2D eigenvalue weighted by molar-refractivity contribution is -0.150. The lowest BCUT2D eigenvalue weighted by atomic mass is 9.90. The molecule has 1 aliphatic heterocycles. The fourth-order valence-electron chi connectivity index (χ4n) is 2.49. The lowest BCUT2D eigenvalue weighted by Gasteiger charge is -2.22. The normalized spacial score (nSPS) is 21.2. The second-order valence-electron chi connectivity index (χ2n) is 5.59. The Hall–Kier alpha value is -1.75. The number of amides is 2. The molecule has 1 heterocycles. The van der Waals surface area contributed by atoms with Gasteiger partial charge in [-0.05, 0) is 31.9 Å². The van der Waals surface area contributed by atoms with E-state index < -0.39 is 5.41 Å². The van der Waals surface area contributed by atoms with Crippen molar-refractivity contribution in [2.24, 2.45) is 5.41 Å². The number of esters is 1. The van der Waals surface area contributed by atoms with Gasteiger partial charge in [-0.15, -0.1) is 0 Å². The van der Waals surface area contributed by atoms with E-state index in [0.29, 0.717) is 30.2 Å². The third-order valence-corrected chi connectivity index (χ3v) is 4.37. The average Bonchev–Trinajstić information content (AvgIpc) is 2.87. The van der Waals surface area contributed by atoms with Crippen LogP contribution in [0.5, 0.6) is 0 Å². The van der Waals surface area contributed by atoms with Crippen molar-refractivity contribution in [3.8, 4) is 0 Å². The van der Waals surface area contributed by atoms with E-state index in [2.05, 4.69) is 5.32 Å². The van der Waals surface area contributed by atoms with Crippen LogP contribution >= 0.6 is 11.6 Å². The van der Waals surface area contributed by atoms with Crippen molar-refractivity contribution in [3.63, 3.8) is 0 Å². The van der Waals surface area contributed by atoms with Crippen LogP contribution < -0.4 is 5.32 Å². The Balaban J connectivity index is 2.06. The summed E-state index contributed by atoms with van der Waals surface area (Å²) in [5.41, 5.74) is 0.839. The number of likely N-dealkylation sites (tertiary alicyclic amines) is 1. The van der Waals surface area contributed by atoms with Gasteiger partial charge in [0.2, 0.25) is 0 Å². The van der Waals surface area contributed by atoms with E-state index in [1.165, 1.54) is 7.11 Å². The molecule has 1 N–H and O–H groups in total. The molecular weight excluding hydrogens is 292 g/mol. The van der Waals surface area contributed by atoms with Crippen LogP contribution in [0.1, 0.15) is 18.9 Å². The number of nitrogens with one attached hydrogen (secondary N) is 1. The van der Waals surface area contributed by atoms with Crippen LogP contribution in [0.25, 0.3) is 0 Å². The minimum absolute atomic E-state index is 0.255. The van der Waals surface area contributed by atoms with Crippen LogP contribution in [0.4, 0.5) is 10.5 Å². The van der Waals surface area contributed by atoms with Gasteiger partial charge in [0.25, 0.3) is 0 Å². The Morgan fingerprint density at radius 2 is 2.14 bits per heavy atom. The highest BCUT2D eigenvalue weighted by Gasteiger charge is 2.43. The first kappa shape index (κ1) is 15.6. The Kier molecular flexibility index (Phi) is 4.42. The molecule has 5 nitrogen and oxygen atoms in total. The number of carbonyl (C=O) groups is 2. The summed E-state index contributed by atoms with van der Waals surface area (Å²) in [6.07, 6.45) is 0.592. The van der Waals surface area contributed by atoms with Crippen LogP contribution in [0, 0.1) is 12.3 Å². The maximum atomic E-state index is 12.3. The molecule has 0 saturated carbocycles. The number of carbonyl (C=O) groups excluding carboxylic acids is 2. The standard InChI is InChI=1S/C15H19ClN2O3/c1-10-5-4-6-11(12(10)16)17-14(20)18-8-7-15(2,9-18)13(19)21-3/h4-6H,7-9H2,1-3H3,(H,17,20)/t15-/m1/s1. The summed E-state index contributed by atoms with van der Waals surface area (Å²) in [6.45, 7) is 4.55. The molecule has 2 amide bonds. The van der Waals surface area contributed by atoms with Crippen LogP contribution in [0.3, 0.4) is 0 Å². The quantitative estimate of drug-likeness (QED) is 0.854. The van der Waals surface area contributed by atoms with Gasteiger partial charge in [0.1, 0.15) is 0 Å². The number of halogens is 1. The van der Waals surface area contributed by atoms with Crippen molar-refractivity contribution in [1.82, 2.24) is 4.90 Å². The van der Waals surface area contributed by atoms with Crippen molar-refractivity contribution in [2.45, 2.75) is 20.3 Å². The molecule has 0 spiro atoms. The molecule has 1 saturated heterocycles. The topological polar surface area (TPSA) is 58.6 Å². The fourth-order valence-corrected chi connectivity index (χ4v) is 2.66. The number of anilines is 1. The molecule has 1 aromatic carbocycles. The third kappa shape index (κ3) is 3.13. The Morgan fingerprint density at radius 3 is 2.81 bits per heavy atom. The molecule has 114 valence electrons. The second-order valence-corrected chi connectivity index (χ2v) is 5.97. The van der Waals surface area contributed by atoms with Gasteiger partial charge < -0.3 is 15.0 Å². The van der Waals surface area contributed by atoms with Crippen LogP contribution in [-0.4, -0.2) is 37.1 Å². The van der Waals surface area contributed by atoms with E-state index in [-0.39, 0.29) is 12.0 Å². The van der Waals surface area contributed by atoms with E-state index >= 15 is 0 Å². The van der Waals surface area contributed by atoms with Crippen molar-refractivity contribution >= 4 is 29.3 Å². The minimum Gasteiger partial charge on any atom is -0.469 e. The van der Waals surface area contributed by atoms with Crippen molar-refractivity contribution in [3.05, 3.63) is 28.8 Å². The summed E-state index contributed by atoms with van der Waals surface area (Å²) in [4.78, 5) is 25.6. The molecule has 2 rings (SSSR count). The summed E-state index contributed by atoms with van der Waals surface area (Å²) in [5.74, 6) is -0.286. The van der Waals surface area contributed by atoms with Gasteiger partial charge in [0.05, 0.1) is 23.2 Å². The molecule has 0 aliphatic carbocycles. The number of rotatable bonds is 2. The number of nitrogens with zero attached hydrogens (tertiary/aromatic N) is 1. The van der Waals surface area contributed by atoms with Gasteiger partial charge in [0, 0.05) is 13.1 Å². The summed E-state index contributed by atoms with van der Waals surface area (Å²) >= 11 is 6.17. The van der Waals surface area contributed by atoms with E-state index in [4.69, 9.17) is 16.3 Å². The van der Waals surface area contributed by atoms with Crippen LogP contribution in [0.2, 0.25) is 5.02 Å². The smallest absolute Gasteiger partial charge is 0.321 e. The predicted molar refractivity (Wildman–Crippen MR) is 81.5 cm³/mol. The third-order valence-electron chi connectivity index (χ3n) is 3.87. The average molecular weight is 311 g/mol. The van der Waals surface area contributed by atoms with Crippen LogP contribution in [-0.2, 0) is 9.53 Å². The Labute approximate surface area is 129 Å². The second kappa shape index (κ2) is 5.93. The number of ether oxygens (including phenoxy) is 1. The van der Waals surface area contributed by atoms with Crippen molar-refractivity contribution in [2.75, 3.05) is 25.5 Å². The number of urea groups is 1. The molecule has 0 aromatic heterocycles. The Morgan fingerprint density at radius 1 is 1.43 bits per heavy atom. The number of hydrogen-bond donors (Lipinski definition) is 1. The molecule has 0 unspecified atom stereocenters. The highest BCUT2D eigenvalue weighted by Crippen LogP contribution is 2.32. The van der Waals surface area contributed by atoms with Gasteiger partial charge in [0.15, 0.2) is 0 Å². The largest absolute Gasteiger partial charge is 0.469 e. The van der Waals surface area contributed by atoms with Crippen molar-refractivity contribution < 1.29 is 14.3 Å². The molecular formula is C15H19ClN2O3. The number of methoxy groups -OCH3 is 1.